The molecule has 1 aliphatic heterocycles. The molecule has 0 bridgehead atoms. The Morgan fingerprint density at radius 1 is 1.42 bits per heavy atom. The molecule has 2 amide bonds. The van der Waals surface area contributed by atoms with Gasteiger partial charge in [0.25, 0.3) is 0 Å². The van der Waals surface area contributed by atoms with E-state index in [1.165, 1.54) is 0 Å². The number of hydrogen-bond donors (Lipinski definition) is 1. The number of hydrogen-bond acceptors (Lipinski definition) is 4. The summed E-state index contributed by atoms with van der Waals surface area (Å²) < 4.78 is 0. The lowest BCUT2D eigenvalue weighted by atomic mass is 10.3. The van der Waals surface area contributed by atoms with Crippen LogP contribution in [0, 0.1) is 0 Å². The van der Waals surface area contributed by atoms with Gasteiger partial charge in [-0.15, -0.1) is 0 Å². The molecule has 0 aromatic carbocycles. The lowest BCUT2D eigenvalue weighted by Gasteiger charge is -2.24. The molecule has 1 rings (SSSR count). The van der Waals surface area contributed by atoms with E-state index in [9.17, 15) is 9.59 Å². The number of thioether (sulfide) groups is 1. The first-order valence-electron chi connectivity index (χ1n) is 3.76. The summed E-state index contributed by atoms with van der Waals surface area (Å²) >= 11 is 1.71. The van der Waals surface area contributed by atoms with Gasteiger partial charge in [0.15, 0.2) is 0 Å². The van der Waals surface area contributed by atoms with Crippen molar-refractivity contribution in [2.24, 2.45) is 0 Å². The molecule has 0 spiro atoms. The van der Waals surface area contributed by atoms with E-state index < -0.39 is 0 Å². The zero-order valence-corrected chi connectivity index (χ0v) is 7.82. The van der Waals surface area contributed by atoms with Crippen LogP contribution in [-0.2, 0) is 9.59 Å². The van der Waals surface area contributed by atoms with Crippen LogP contribution < -0.4 is 5.32 Å². The van der Waals surface area contributed by atoms with Gasteiger partial charge in [-0.2, -0.15) is 11.8 Å². The molecule has 1 aliphatic rings. The highest BCUT2D eigenvalue weighted by molar-refractivity contribution is 7.98. The largest absolute Gasteiger partial charge is 0.294 e. The molecule has 1 fully saturated rings. The molecule has 0 radical (unpaired) electrons. The summed E-state index contributed by atoms with van der Waals surface area (Å²) in [6.07, 6.45) is 2.01. The first-order valence-corrected chi connectivity index (χ1v) is 5.15. The van der Waals surface area contributed by atoms with E-state index in [0.717, 1.165) is 12.3 Å². The number of carbonyl (C=O) groups is 2. The van der Waals surface area contributed by atoms with Crippen molar-refractivity contribution < 1.29 is 9.59 Å². The third kappa shape index (κ3) is 2.83. The summed E-state index contributed by atoms with van der Waals surface area (Å²) in [7, 11) is 0. The van der Waals surface area contributed by atoms with Gasteiger partial charge in [0.2, 0.25) is 11.8 Å². The minimum absolute atomic E-state index is 0.188. The number of imide groups is 1. The third-order valence-electron chi connectivity index (χ3n) is 1.62. The fraction of sp³-hybridized carbons (Fsp3) is 0.714. The van der Waals surface area contributed by atoms with Gasteiger partial charge in [-0.1, -0.05) is 0 Å². The smallest absolute Gasteiger partial charge is 0.240 e. The van der Waals surface area contributed by atoms with Crippen LogP contribution in [0.25, 0.3) is 0 Å². The predicted molar refractivity (Wildman–Crippen MR) is 48.0 cm³/mol. The fourth-order valence-corrected chi connectivity index (χ4v) is 1.52. The maximum Gasteiger partial charge on any atom is 0.240 e. The van der Waals surface area contributed by atoms with Crippen molar-refractivity contribution in [1.29, 1.82) is 0 Å². The lowest BCUT2D eigenvalue weighted by molar-refractivity contribution is -0.135. The Bertz CT molecular complexity index is 180. The minimum Gasteiger partial charge on any atom is -0.294 e. The molecule has 4 nitrogen and oxygen atoms in total. The van der Waals surface area contributed by atoms with Crippen LogP contribution in [0.3, 0.4) is 0 Å². The molecule has 0 aliphatic carbocycles. The average Bonchev–Trinajstić information content (AvgIpc) is 1.99. The zero-order chi connectivity index (χ0) is 8.97. The SMILES string of the molecule is CSCCN1CC(=O)NC(=O)C1. The van der Waals surface area contributed by atoms with Crippen molar-refractivity contribution in [2.45, 2.75) is 0 Å². The van der Waals surface area contributed by atoms with Gasteiger partial charge in [0, 0.05) is 12.3 Å². The lowest BCUT2D eigenvalue weighted by Crippen LogP contribution is -2.51. The fourth-order valence-electron chi connectivity index (χ4n) is 1.08. The molecule has 5 heteroatoms. The van der Waals surface area contributed by atoms with Gasteiger partial charge >= 0.3 is 0 Å². The Kier molecular flexibility index (Phi) is 3.55. The van der Waals surface area contributed by atoms with E-state index in [4.69, 9.17) is 0 Å². The molecule has 0 atom stereocenters. The quantitative estimate of drug-likeness (QED) is 0.595. The highest BCUT2D eigenvalue weighted by atomic mass is 32.2. The van der Waals surface area contributed by atoms with E-state index in [1.807, 2.05) is 11.2 Å². The standard InChI is InChI=1S/C7H12N2O2S/c1-12-3-2-9-4-6(10)8-7(11)5-9/h2-5H2,1H3,(H,8,10,11). The molecule has 68 valence electrons. The molecule has 1 saturated heterocycles. The van der Waals surface area contributed by atoms with E-state index in [0.29, 0.717) is 13.1 Å². The van der Waals surface area contributed by atoms with Crippen molar-refractivity contribution in [2.75, 3.05) is 31.6 Å². The topological polar surface area (TPSA) is 49.4 Å². The molecular formula is C7H12N2O2S. The third-order valence-corrected chi connectivity index (χ3v) is 2.22. The average molecular weight is 188 g/mol. The van der Waals surface area contributed by atoms with Gasteiger partial charge < -0.3 is 0 Å². The van der Waals surface area contributed by atoms with Crippen LogP contribution in [0.5, 0.6) is 0 Å². The number of nitrogens with one attached hydrogen (secondary N) is 1. The van der Waals surface area contributed by atoms with Crippen LogP contribution in [-0.4, -0.2) is 48.4 Å². The Labute approximate surface area is 75.7 Å². The van der Waals surface area contributed by atoms with Gasteiger partial charge in [0.05, 0.1) is 13.1 Å². The van der Waals surface area contributed by atoms with E-state index >= 15 is 0 Å². The Morgan fingerprint density at radius 3 is 2.50 bits per heavy atom. The van der Waals surface area contributed by atoms with Gasteiger partial charge in [-0.05, 0) is 6.26 Å². The van der Waals surface area contributed by atoms with Crippen molar-refractivity contribution in [3.8, 4) is 0 Å². The molecular weight excluding hydrogens is 176 g/mol. The Balaban J connectivity index is 2.34. The molecule has 1 N–H and O–H groups in total. The highest BCUT2D eigenvalue weighted by Gasteiger charge is 2.21. The summed E-state index contributed by atoms with van der Waals surface area (Å²) in [4.78, 5) is 23.6. The molecule has 0 unspecified atom stereocenters. The number of nitrogens with zero attached hydrogens (tertiary/aromatic N) is 1. The second-order valence-corrected chi connectivity index (χ2v) is 3.66. The molecule has 0 aromatic heterocycles. The molecule has 0 aromatic rings. The van der Waals surface area contributed by atoms with E-state index in [1.54, 1.807) is 11.8 Å². The van der Waals surface area contributed by atoms with Gasteiger partial charge in [-0.25, -0.2) is 0 Å². The van der Waals surface area contributed by atoms with Crippen LogP contribution >= 0.6 is 11.8 Å². The van der Waals surface area contributed by atoms with E-state index in [2.05, 4.69) is 5.32 Å². The van der Waals surface area contributed by atoms with Crippen molar-refractivity contribution in [1.82, 2.24) is 10.2 Å². The van der Waals surface area contributed by atoms with Gasteiger partial charge in [-0.3, -0.25) is 19.8 Å². The van der Waals surface area contributed by atoms with Crippen LogP contribution in [0.15, 0.2) is 0 Å². The van der Waals surface area contributed by atoms with Gasteiger partial charge in [0.1, 0.15) is 0 Å². The van der Waals surface area contributed by atoms with Crippen molar-refractivity contribution in [3.63, 3.8) is 0 Å². The number of piperazine rings is 1. The second-order valence-electron chi connectivity index (χ2n) is 2.67. The van der Waals surface area contributed by atoms with E-state index in [-0.39, 0.29) is 11.8 Å². The monoisotopic (exact) mass is 188 g/mol. The summed E-state index contributed by atoms with van der Waals surface area (Å²) in [5, 5.41) is 2.26. The van der Waals surface area contributed by atoms with Crippen molar-refractivity contribution >= 4 is 23.6 Å². The Morgan fingerprint density at radius 2 is 2.00 bits per heavy atom. The maximum atomic E-state index is 10.9. The maximum absolute atomic E-state index is 10.9. The summed E-state index contributed by atoms with van der Waals surface area (Å²) in [5.74, 6) is 0.584. The number of carbonyl (C=O) groups excluding carboxylic acids is 2. The summed E-state index contributed by atoms with van der Waals surface area (Å²) in [5.41, 5.74) is 0. The predicted octanol–water partition coefficient (Wildman–Crippen LogP) is -0.692. The summed E-state index contributed by atoms with van der Waals surface area (Å²) in [6.45, 7) is 1.51. The first-order chi connectivity index (χ1) is 5.72. The van der Waals surface area contributed by atoms with Crippen LogP contribution in [0.2, 0.25) is 0 Å². The van der Waals surface area contributed by atoms with Crippen LogP contribution in [0.4, 0.5) is 0 Å². The number of rotatable bonds is 3. The first kappa shape index (κ1) is 9.54. The number of amides is 2. The Hall–Kier alpha value is -0.550. The molecule has 12 heavy (non-hydrogen) atoms. The van der Waals surface area contributed by atoms with Crippen LogP contribution in [0.1, 0.15) is 0 Å². The minimum atomic E-state index is -0.188. The van der Waals surface area contributed by atoms with Crippen molar-refractivity contribution in [3.05, 3.63) is 0 Å². The second kappa shape index (κ2) is 4.47. The summed E-state index contributed by atoms with van der Waals surface area (Å²) in [6, 6.07) is 0. The molecule has 1 heterocycles. The molecule has 0 saturated carbocycles. The highest BCUT2D eigenvalue weighted by Crippen LogP contribution is 1.98. The normalized spacial score (nSPS) is 19.4. The zero-order valence-electron chi connectivity index (χ0n) is 7.00.